The first-order valence-corrected chi connectivity index (χ1v) is 14.3. The van der Waals surface area contributed by atoms with E-state index in [1.807, 2.05) is 20.8 Å². The van der Waals surface area contributed by atoms with Gasteiger partial charge in [-0.05, 0) is 71.1 Å². The van der Waals surface area contributed by atoms with Crippen LogP contribution in [0.2, 0.25) is 0 Å². The number of rotatable bonds is 23. The van der Waals surface area contributed by atoms with E-state index in [1.165, 1.54) is 0 Å². The van der Waals surface area contributed by atoms with Crippen molar-refractivity contribution in [3.05, 3.63) is 0 Å². The van der Waals surface area contributed by atoms with Crippen LogP contribution < -0.4 is 0 Å². The van der Waals surface area contributed by atoms with E-state index in [0.717, 1.165) is 32.1 Å². The van der Waals surface area contributed by atoms with Crippen molar-refractivity contribution in [2.45, 2.75) is 125 Å². The highest BCUT2D eigenvalue weighted by Gasteiger charge is 2.26. The lowest BCUT2D eigenvalue weighted by molar-refractivity contribution is -0.155. The fourth-order valence-corrected chi connectivity index (χ4v) is 3.34. The molecule has 0 amide bonds. The molecule has 0 aromatic heterocycles. The van der Waals surface area contributed by atoms with E-state index in [0.29, 0.717) is 77.1 Å². The predicted octanol–water partition coefficient (Wildman–Crippen LogP) is 6.32. The Morgan fingerprint density at radius 1 is 0.622 bits per heavy atom. The third-order valence-electron chi connectivity index (χ3n) is 6.54. The molecular weight excluding hydrogens is 476 g/mol. The summed E-state index contributed by atoms with van der Waals surface area (Å²) >= 11 is 0. The van der Waals surface area contributed by atoms with Crippen LogP contribution in [0.1, 0.15) is 125 Å². The first-order chi connectivity index (χ1) is 17.7. The van der Waals surface area contributed by atoms with Gasteiger partial charge in [0, 0.05) is 19.3 Å². The Hall–Kier alpha value is -2.12. The first-order valence-electron chi connectivity index (χ1n) is 14.3. The second-order valence-corrected chi connectivity index (χ2v) is 10.3. The number of hydrogen-bond acceptors (Lipinski definition) is 8. The zero-order valence-electron chi connectivity index (χ0n) is 24.1. The molecule has 0 aliphatic heterocycles. The van der Waals surface area contributed by atoms with Crippen molar-refractivity contribution < 1.29 is 38.1 Å². The zero-order valence-corrected chi connectivity index (χ0v) is 24.1. The number of carbonyl (C=O) groups is 4. The second kappa shape index (κ2) is 21.9. The molecule has 0 bridgehead atoms. The van der Waals surface area contributed by atoms with Gasteiger partial charge in [0.05, 0.1) is 31.8 Å². The van der Waals surface area contributed by atoms with Crippen molar-refractivity contribution in [3.63, 3.8) is 0 Å². The Labute approximate surface area is 224 Å². The number of carbonyl (C=O) groups excluding carboxylic acids is 4. The molecule has 0 fully saturated rings. The molecule has 0 radical (unpaired) electrons. The Kier molecular flexibility index (Phi) is 20.7. The smallest absolute Gasteiger partial charge is 0.311 e. The number of ether oxygens (including phenoxy) is 4. The monoisotopic (exact) mass is 528 g/mol. The van der Waals surface area contributed by atoms with Gasteiger partial charge < -0.3 is 18.9 Å². The van der Waals surface area contributed by atoms with Crippen LogP contribution >= 0.6 is 0 Å². The third-order valence-corrected chi connectivity index (χ3v) is 6.54. The molecule has 0 saturated heterocycles. The van der Waals surface area contributed by atoms with E-state index in [2.05, 4.69) is 13.8 Å². The summed E-state index contributed by atoms with van der Waals surface area (Å²) in [5.41, 5.74) is -0.506. The van der Waals surface area contributed by atoms with E-state index in [9.17, 15) is 19.2 Å². The van der Waals surface area contributed by atoms with Crippen LogP contribution in [0, 0.1) is 11.3 Å². The van der Waals surface area contributed by atoms with Crippen molar-refractivity contribution in [1.29, 1.82) is 0 Å². The van der Waals surface area contributed by atoms with E-state index in [4.69, 9.17) is 18.9 Å². The Morgan fingerprint density at radius 2 is 1.14 bits per heavy atom. The van der Waals surface area contributed by atoms with Crippen LogP contribution in [0.4, 0.5) is 0 Å². The summed E-state index contributed by atoms with van der Waals surface area (Å²) in [4.78, 5) is 47.3. The maximum Gasteiger partial charge on any atom is 0.311 e. The standard InChI is InChI=1S/C29H52O8/c1-6-9-16-24(7-2)23-37-27(32)18-12-14-21-35-25(30)17-11-10-13-20-34-26(31)19-15-22-36-28(33)29(4,5)8-3/h24H,6-23H2,1-5H3. The minimum absolute atomic E-state index is 0.179. The summed E-state index contributed by atoms with van der Waals surface area (Å²) < 4.78 is 21.0. The van der Waals surface area contributed by atoms with E-state index < -0.39 is 5.41 Å². The first kappa shape index (κ1) is 34.9. The number of esters is 4. The minimum atomic E-state index is -0.506. The van der Waals surface area contributed by atoms with Gasteiger partial charge in [-0.15, -0.1) is 0 Å². The normalized spacial score (nSPS) is 12.0. The average Bonchev–Trinajstić information content (AvgIpc) is 2.88. The fraction of sp³-hybridized carbons (Fsp3) is 0.862. The van der Waals surface area contributed by atoms with Gasteiger partial charge in [0.2, 0.25) is 0 Å². The summed E-state index contributed by atoms with van der Waals surface area (Å²) in [6.07, 6.45) is 9.84. The Bertz CT molecular complexity index is 644. The molecule has 1 atom stereocenters. The molecule has 0 aromatic rings. The van der Waals surface area contributed by atoms with Gasteiger partial charge in [-0.1, -0.05) is 40.0 Å². The van der Waals surface area contributed by atoms with E-state index in [-0.39, 0.29) is 36.9 Å². The van der Waals surface area contributed by atoms with Gasteiger partial charge in [0.1, 0.15) is 0 Å². The molecule has 0 saturated carbocycles. The lowest BCUT2D eigenvalue weighted by Gasteiger charge is -2.20. The summed E-state index contributed by atoms with van der Waals surface area (Å²) in [5.74, 6) is -0.544. The van der Waals surface area contributed by atoms with Crippen LogP contribution in [-0.2, 0) is 38.1 Å². The third kappa shape index (κ3) is 19.6. The fourth-order valence-electron chi connectivity index (χ4n) is 3.34. The van der Waals surface area contributed by atoms with Gasteiger partial charge >= 0.3 is 23.9 Å². The van der Waals surface area contributed by atoms with Crippen molar-refractivity contribution in [2.75, 3.05) is 26.4 Å². The van der Waals surface area contributed by atoms with Crippen molar-refractivity contribution in [2.24, 2.45) is 11.3 Å². The molecule has 8 heteroatoms. The molecule has 0 heterocycles. The average molecular weight is 529 g/mol. The topological polar surface area (TPSA) is 105 Å². The molecule has 37 heavy (non-hydrogen) atoms. The van der Waals surface area contributed by atoms with E-state index >= 15 is 0 Å². The molecule has 0 aromatic carbocycles. The summed E-state index contributed by atoms with van der Waals surface area (Å²) in [6, 6.07) is 0. The highest BCUT2D eigenvalue weighted by atomic mass is 16.5. The van der Waals surface area contributed by atoms with Gasteiger partial charge in [0.15, 0.2) is 0 Å². The predicted molar refractivity (Wildman–Crippen MR) is 143 cm³/mol. The van der Waals surface area contributed by atoms with Crippen molar-refractivity contribution >= 4 is 23.9 Å². The lowest BCUT2D eigenvalue weighted by atomic mass is 9.91. The number of unbranched alkanes of at least 4 members (excludes halogenated alkanes) is 4. The minimum Gasteiger partial charge on any atom is -0.466 e. The molecular formula is C29H52O8. The molecule has 8 nitrogen and oxygen atoms in total. The summed E-state index contributed by atoms with van der Waals surface area (Å²) in [7, 11) is 0. The van der Waals surface area contributed by atoms with Crippen LogP contribution in [0.3, 0.4) is 0 Å². The van der Waals surface area contributed by atoms with Gasteiger partial charge in [-0.25, -0.2) is 0 Å². The Morgan fingerprint density at radius 3 is 1.70 bits per heavy atom. The summed E-state index contributed by atoms with van der Waals surface area (Å²) in [5, 5.41) is 0. The molecule has 216 valence electrons. The van der Waals surface area contributed by atoms with E-state index in [1.54, 1.807) is 0 Å². The molecule has 0 aliphatic rings. The maximum absolute atomic E-state index is 11.9. The van der Waals surface area contributed by atoms with Crippen LogP contribution in [0.25, 0.3) is 0 Å². The van der Waals surface area contributed by atoms with Crippen LogP contribution in [0.5, 0.6) is 0 Å². The molecule has 0 rings (SSSR count). The highest BCUT2D eigenvalue weighted by Crippen LogP contribution is 2.21. The van der Waals surface area contributed by atoms with Crippen LogP contribution in [-0.4, -0.2) is 50.3 Å². The SMILES string of the molecule is CCCCC(CC)COC(=O)CCCCOC(=O)CCCCCOC(=O)CCCOC(=O)C(C)(C)CC. The largest absolute Gasteiger partial charge is 0.466 e. The van der Waals surface area contributed by atoms with Gasteiger partial charge in [0.25, 0.3) is 0 Å². The quantitative estimate of drug-likeness (QED) is 0.0861. The molecule has 0 spiro atoms. The second-order valence-electron chi connectivity index (χ2n) is 10.3. The van der Waals surface area contributed by atoms with Crippen molar-refractivity contribution in [1.82, 2.24) is 0 Å². The van der Waals surface area contributed by atoms with Crippen molar-refractivity contribution in [3.8, 4) is 0 Å². The van der Waals surface area contributed by atoms with Gasteiger partial charge in [-0.2, -0.15) is 0 Å². The maximum atomic E-state index is 11.9. The Balaban J connectivity index is 3.61. The molecule has 0 N–H and O–H groups in total. The highest BCUT2D eigenvalue weighted by molar-refractivity contribution is 5.75. The van der Waals surface area contributed by atoms with Crippen LogP contribution in [0.15, 0.2) is 0 Å². The molecule has 0 aliphatic carbocycles. The lowest BCUT2D eigenvalue weighted by Crippen LogP contribution is -2.26. The summed E-state index contributed by atoms with van der Waals surface area (Å²) in [6.45, 7) is 11.2. The van der Waals surface area contributed by atoms with Gasteiger partial charge in [-0.3, -0.25) is 19.2 Å². The zero-order chi connectivity index (χ0) is 27.9. The molecule has 1 unspecified atom stereocenters. The number of hydrogen-bond donors (Lipinski definition) is 0.